The van der Waals surface area contributed by atoms with E-state index in [0.717, 1.165) is 0 Å². The van der Waals surface area contributed by atoms with Crippen LogP contribution in [-0.2, 0) is 9.53 Å². The largest absolute Gasteiger partial charge is 0.505 e. The van der Waals surface area contributed by atoms with Gasteiger partial charge in [-0.3, -0.25) is 0 Å². The lowest BCUT2D eigenvalue weighted by Gasteiger charge is -2.17. The SMILES string of the molecule is C=C(C)C(=O)OCC(C)Oc1c(Cl)cc(Cl)c(O)c1Cl. The van der Waals surface area contributed by atoms with E-state index < -0.39 is 12.1 Å². The summed E-state index contributed by atoms with van der Waals surface area (Å²) in [5, 5.41) is 9.69. The van der Waals surface area contributed by atoms with Crippen molar-refractivity contribution in [1.82, 2.24) is 0 Å². The van der Waals surface area contributed by atoms with Crippen molar-refractivity contribution in [2.45, 2.75) is 20.0 Å². The number of benzene rings is 1. The van der Waals surface area contributed by atoms with Gasteiger partial charge in [0.25, 0.3) is 0 Å². The zero-order chi connectivity index (χ0) is 15.4. The Morgan fingerprint density at radius 1 is 1.40 bits per heavy atom. The maximum atomic E-state index is 11.2. The number of aromatic hydroxyl groups is 1. The van der Waals surface area contributed by atoms with Crippen LogP contribution in [0.4, 0.5) is 0 Å². The summed E-state index contributed by atoms with van der Waals surface area (Å²) in [5.74, 6) is -0.760. The number of esters is 1. The number of phenols is 1. The highest BCUT2D eigenvalue weighted by Crippen LogP contribution is 2.44. The minimum Gasteiger partial charge on any atom is -0.505 e. The third kappa shape index (κ3) is 4.20. The highest BCUT2D eigenvalue weighted by Gasteiger charge is 2.18. The predicted molar refractivity (Wildman–Crippen MR) is 79.0 cm³/mol. The van der Waals surface area contributed by atoms with E-state index in [-0.39, 0.29) is 38.7 Å². The fourth-order valence-corrected chi connectivity index (χ4v) is 2.07. The first-order valence-electron chi connectivity index (χ1n) is 5.59. The van der Waals surface area contributed by atoms with E-state index in [4.69, 9.17) is 44.3 Å². The minimum absolute atomic E-state index is 0.0122. The van der Waals surface area contributed by atoms with Gasteiger partial charge < -0.3 is 14.6 Å². The van der Waals surface area contributed by atoms with Crippen LogP contribution in [0, 0.1) is 0 Å². The number of hydrogen-bond acceptors (Lipinski definition) is 4. The molecule has 0 aliphatic carbocycles. The Kier molecular flexibility index (Phi) is 5.99. The Hall–Kier alpha value is -1.10. The third-order valence-electron chi connectivity index (χ3n) is 2.22. The lowest BCUT2D eigenvalue weighted by molar-refractivity contribution is -0.141. The highest BCUT2D eigenvalue weighted by molar-refractivity contribution is 6.41. The summed E-state index contributed by atoms with van der Waals surface area (Å²) in [4.78, 5) is 11.2. The first-order chi connectivity index (χ1) is 9.23. The average molecular weight is 340 g/mol. The maximum Gasteiger partial charge on any atom is 0.333 e. The first kappa shape index (κ1) is 17.0. The smallest absolute Gasteiger partial charge is 0.333 e. The van der Waals surface area contributed by atoms with Gasteiger partial charge in [-0.05, 0) is 19.9 Å². The second-order valence-corrected chi connectivity index (χ2v) is 5.33. The molecule has 0 heterocycles. The zero-order valence-electron chi connectivity index (χ0n) is 10.9. The lowest BCUT2D eigenvalue weighted by Crippen LogP contribution is -2.22. The van der Waals surface area contributed by atoms with E-state index in [0.29, 0.717) is 0 Å². The molecule has 0 spiro atoms. The maximum absolute atomic E-state index is 11.2. The van der Waals surface area contributed by atoms with Crippen LogP contribution in [0.15, 0.2) is 18.2 Å². The molecule has 1 rings (SSSR count). The van der Waals surface area contributed by atoms with Gasteiger partial charge in [-0.1, -0.05) is 41.4 Å². The van der Waals surface area contributed by atoms with E-state index in [2.05, 4.69) is 6.58 Å². The van der Waals surface area contributed by atoms with Crippen LogP contribution < -0.4 is 4.74 Å². The molecule has 0 saturated heterocycles. The number of ether oxygens (including phenoxy) is 2. The molecular formula is C13H13Cl3O4. The second-order valence-electron chi connectivity index (χ2n) is 4.14. The van der Waals surface area contributed by atoms with Crippen molar-refractivity contribution in [2.75, 3.05) is 6.61 Å². The van der Waals surface area contributed by atoms with Gasteiger partial charge in [0, 0.05) is 5.57 Å². The van der Waals surface area contributed by atoms with Gasteiger partial charge in [0.2, 0.25) is 0 Å². The Bertz CT molecular complexity index is 543. The van der Waals surface area contributed by atoms with Gasteiger partial charge in [0.05, 0.1) is 10.0 Å². The Balaban J connectivity index is 2.76. The molecule has 4 nitrogen and oxygen atoms in total. The van der Waals surface area contributed by atoms with Crippen molar-refractivity contribution in [2.24, 2.45) is 0 Å². The van der Waals surface area contributed by atoms with Crippen LogP contribution in [0.25, 0.3) is 0 Å². The van der Waals surface area contributed by atoms with Gasteiger partial charge in [-0.25, -0.2) is 4.79 Å². The average Bonchev–Trinajstić information content (AvgIpc) is 2.38. The molecule has 1 unspecified atom stereocenters. The summed E-state index contributed by atoms with van der Waals surface area (Å²) in [7, 11) is 0. The molecule has 0 amide bonds. The fraction of sp³-hybridized carbons (Fsp3) is 0.308. The van der Waals surface area contributed by atoms with Crippen LogP contribution in [0.1, 0.15) is 13.8 Å². The zero-order valence-corrected chi connectivity index (χ0v) is 13.1. The molecule has 1 aromatic rings. The predicted octanol–water partition coefficient (Wildman–Crippen LogP) is 4.24. The van der Waals surface area contributed by atoms with Crippen LogP contribution >= 0.6 is 34.8 Å². The molecule has 20 heavy (non-hydrogen) atoms. The summed E-state index contributed by atoms with van der Waals surface area (Å²) in [6.07, 6.45) is -0.520. The molecule has 1 aromatic carbocycles. The summed E-state index contributed by atoms with van der Waals surface area (Å²) < 4.78 is 10.4. The molecule has 0 bridgehead atoms. The van der Waals surface area contributed by atoms with E-state index >= 15 is 0 Å². The van der Waals surface area contributed by atoms with Gasteiger partial charge in [-0.15, -0.1) is 0 Å². The Labute approximate surface area is 131 Å². The topological polar surface area (TPSA) is 55.8 Å². The molecule has 7 heteroatoms. The number of carbonyl (C=O) groups excluding carboxylic acids is 1. The van der Waals surface area contributed by atoms with Crippen molar-refractivity contribution in [1.29, 1.82) is 0 Å². The lowest BCUT2D eigenvalue weighted by atomic mass is 10.3. The van der Waals surface area contributed by atoms with Crippen LogP contribution in [-0.4, -0.2) is 23.8 Å². The van der Waals surface area contributed by atoms with E-state index in [1.54, 1.807) is 13.8 Å². The van der Waals surface area contributed by atoms with Crippen molar-refractivity contribution in [3.05, 3.63) is 33.3 Å². The third-order valence-corrected chi connectivity index (χ3v) is 3.14. The van der Waals surface area contributed by atoms with Gasteiger partial charge in [0.1, 0.15) is 17.7 Å². The standard InChI is InChI=1S/C13H13Cl3O4/c1-6(2)13(18)19-5-7(3)20-12-9(15)4-8(14)11(17)10(12)16/h4,7,17H,1,5H2,2-3H3. The fourth-order valence-electron chi connectivity index (χ4n) is 1.22. The number of rotatable bonds is 5. The number of halogens is 3. The minimum atomic E-state index is -0.520. The molecule has 1 N–H and O–H groups in total. The molecule has 0 saturated carbocycles. The normalized spacial score (nSPS) is 11.8. The summed E-state index contributed by atoms with van der Waals surface area (Å²) >= 11 is 17.5. The molecule has 0 radical (unpaired) electrons. The molecule has 0 fully saturated rings. The van der Waals surface area contributed by atoms with E-state index in [1.165, 1.54) is 6.07 Å². The first-order valence-corrected chi connectivity index (χ1v) is 6.73. The summed E-state index contributed by atoms with van der Waals surface area (Å²) in [6.45, 7) is 6.65. The molecule has 1 atom stereocenters. The van der Waals surface area contributed by atoms with Crippen molar-refractivity contribution in [3.63, 3.8) is 0 Å². The van der Waals surface area contributed by atoms with E-state index in [1.807, 2.05) is 0 Å². The Morgan fingerprint density at radius 3 is 2.55 bits per heavy atom. The van der Waals surface area contributed by atoms with Crippen molar-refractivity contribution in [3.8, 4) is 11.5 Å². The quantitative estimate of drug-likeness (QED) is 0.644. The van der Waals surface area contributed by atoms with Crippen LogP contribution in [0.3, 0.4) is 0 Å². The molecule has 0 aliphatic rings. The van der Waals surface area contributed by atoms with Gasteiger partial charge in [0.15, 0.2) is 11.5 Å². The molecule has 110 valence electrons. The van der Waals surface area contributed by atoms with Gasteiger partial charge >= 0.3 is 5.97 Å². The molecule has 0 aromatic heterocycles. The highest BCUT2D eigenvalue weighted by atomic mass is 35.5. The monoisotopic (exact) mass is 338 g/mol. The number of phenolic OH excluding ortho intramolecular Hbond substituents is 1. The van der Waals surface area contributed by atoms with Crippen molar-refractivity contribution < 1.29 is 19.4 Å². The number of hydrogen-bond donors (Lipinski definition) is 1. The van der Waals surface area contributed by atoms with E-state index in [9.17, 15) is 9.90 Å². The molecule has 0 aliphatic heterocycles. The summed E-state index contributed by atoms with van der Waals surface area (Å²) in [5.41, 5.74) is 0.289. The molecular weight excluding hydrogens is 326 g/mol. The summed E-state index contributed by atoms with van der Waals surface area (Å²) in [6, 6.07) is 1.31. The second kappa shape index (κ2) is 7.07. The van der Waals surface area contributed by atoms with Crippen LogP contribution in [0.2, 0.25) is 15.1 Å². The van der Waals surface area contributed by atoms with Gasteiger partial charge in [-0.2, -0.15) is 0 Å². The van der Waals surface area contributed by atoms with Crippen LogP contribution in [0.5, 0.6) is 11.5 Å². The van der Waals surface area contributed by atoms with Crippen molar-refractivity contribution >= 4 is 40.8 Å². The Morgan fingerprint density at radius 2 is 2.00 bits per heavy atom. The number of carbonyl (C=O) groups is 1.